The second-order valence-electron chi connectivity index (χ2n) is 8.92. The van der Waals surface area contributed by atoms with Gasteiger partial charge < -0.3 is 9.64 Å². The number of rotatable bonds is 3. The smallest absolute Gasteiger partial charge is 0.410 e. The highest BCUT2D eigenvalue weighted by atomic mass is 35.5. The van der Waals surface area contributed by atoms with Gasteiger partial charge in [0.05, 0.1) is 0 Å². The highest BCUT2D eigenvalue weighted by Crippen LogP contribution is 2.28. The minimum Gasteiger partial charge on any atom is -0.444 e. The van der Waals surface area contributed by atoms with Crippen molar-refractivity contribution in [1.82, 2.24) is 9.80 Å². The molecule has 2 fully saturated rings. The van der Waals surface area contributed by atoms with Crippen LogP contribution in [-0.4, -0.2) is 53.2 Å². The summed E-state index contributed by atoms with van der Waals surface area (Å²) in [6.45, 7) is 8.54. The fourth-order valence-electron chi connectivity index (χ4n) is 4.32. The van der Waals surface area contributed by atoms with Gasteiger partial charge in [-0.05, 0) is 77.1 Å². The lowest BCUT2D eigenvalue weighted by Gasteiger charge is -2.45. The van der Waals surface area contributed by atoms with Crippen molar-refractivity contribution in [2.45, 2.75) is 77.0 Å². The molecule has 2 heterocycles. The predicted molar refractivity (Wildman–Crippen MR) is 110 cm³/mol. The second kappa shape index (κ2) is 8.83. The molecule has 0 aliphatic carbocycles. The number of benzene rings is 1. The van der Waals surface area contributed by atoms with Crippen LogP contribution in [0.15, 0.2) is 24.3 Å². The second-order valence-corrected chi connectivity index (χ2v) is 9.35. The summed E-state index contributed by atoms with van der Waals surface area (Å²) in [7, 11) is 0. The molecule has 0 N–H and O–H groups in total. The van der Waals surface area contributed by atoms with Gasteiger partial charge in [0.2, 0.25) is 0 Å². The molecule has 0 radical (unpaired) electrons. The van der Waals surface area contributed by atoms with Gasteiger partial charge in [0.1, 0.15) is 5.60 Å². The zero-order valence-electron chi connectivity index (χ0n) is 16.9. The maximum atomic E-state index is 12.3. The summed E-state index contributed by atoms with van der Waals surface area (Å²) in [5.74, 6) is 0. The molecule has 1 amide bonds. The van der Waals surface area contributed by atoms with Gasteiger partial charge in [-0.1, -0.05) is 30.2 Å². The molecule has 150 valence electrons. The molecule has 1 aromatic rings. The van der Waals surface area contributed by atoms with E-state index < -0.39 is 5.60 Å². The summed E-state index contributed by atoms with van der Waals surface area (Å²) in [5.41, 5.74) is 0.937. The Labute approximate surface area is 168 Å². The van der Waals surface area contributed by atoms with Gasteiger partial charge in [-0.25, -0.2) is 4.79 Å². The van der Waals surface area contributed by atoms with E-state index in [1.807, 2.05) is 37.8 Å². The van der Waals surface area contributed by atoms with E-state index in [4.69, 9.17) is 16.3 Å². The maximum Gasteiger partial charge on any atom is 0.410 e. The summed E-state index contributed by atoms with van der Waals surface area (Å²) in [6, 6.07) is 9.45. The normalized spacial score (nSPS) is 22.7. The number of piperidine rings is 2. The minimum atomic E-state index is -0.426. The third-order valence-corrected chi connectivity index (χ3v) is 5.89. The van der Waals surface area contributed by atoms with Crippen LogP contribution in [0, 0.1) is 0 Å². The molecule has 1 atom stereocenters. The van der Waals surface area contributed by atoms with Gasteiger partial charge in [-0.3, -0.25) is 4.90 Å². The van der Waals surface area contributed by atoms with Gasteiger partial charge in [-0.2, -0.15) is 0 Å². The first kappa shape index (κ1) is 20.5. The van der Waals surface area contributed by atoms with Crippen molar-refractivity contribution in [3.8, 4) is 0 Å². The minimum absolute atomic E-state index is 0.169. The number of hydrogen-bond donors (Lipinski definition) is 0. The highest BCUT2D eigenvalue weighted by Gasteiger charge is 2.33. The Hall–Kier alpha value is -1.26. The summed E-state index contributed by atoms with van der Waals surface area (Å²) >= 11 is 6.03. The fourth-order valence-corrected chi connectivity index (χ4v) is 4.45. The first-order valence-corrected chi connectivity index (χ1v) is 10.7. The molecule has 0 spiro atoms. The average Bonchev–Trinajstić information content (AvgIpc) is 2.63. The van der Waals surface area contributed by atoms with Crippen LogP contribution in [0.3, 0.4) is 0 Å². The first-order valence-electron chi connectivity index (χ1n) is 10.3. The van der Waals surface area contributed by atoms with E-state index in [0.717, 1.165) is 37.4 Å². The summed E-state index contributed by atoms with van der Waals surface area (Å²) in [5, 5.41) is 0.800. The lowest BCUT2D eigenvalue weighted by Crippen LogP contribution is -2.52. The molecule has 0 aromatic heterocycles. The SMILES string of the molecule is CC(C)(C)OC(=O)N1CCC(N2CCCC[C@@H]2Cc2ccc(Cl)cc2)CC1. The lowest BCUT2D eigenvalue weighted by molar-refractivity contribution is 0.00719. The molecule has 2 aliphatic rings. The zero-order chi connectivity index (χ0) is 19.4. The van der Waals surface area contributed by atoms with Crippen LogP contribution in [0.4, 0.5) is 4.79 Å². The van der Waals surface area contributed by atoms with Crippen LogP contribution in [0.1, 0.15) is 58.4 Å². The quantitative estimate of drug-likeness (QED) is 0.714. The summed E-state index contributed by atoms with van der Waals surface area (Å²) in [6.07, 6.45) is 6.84. The van der Waals surface area contributed by atoms with Crippen molar-refractivity contribution in [3.63, 3.8) is 0 Å². The van der Waals surface area contributed by atoms with E-state index in [9.17, 15) is 4.79 Å². The fraction of sp³-hybridized carbons (Fsp3) is 0.682. The zero-order valence-corrected chi connectivity index (χ0v) is 17.7. The van der Waals surface area contributed by atoms with Gasteiger partial charge >= 0.3 is 6.09 Å². The Bertz CT molecular complexity index is 618. The van der Waals surface area contributed by atoms with Gasteiger partial charge in [0, 0.05) is 30.2 Å². The predicted octanol–water partition coefficient (Wildman–Crippen LogP) is 5.14. The lowest BCUT2D eigenvalue weighted by atomic mass is 9.91. The van der Waals surface area contributed by atoms with E-state index in [0.29, 0.717) is 12.1 Å². The van der Waals surface area contributed by atoms with Crippen molar-refractivity contribution < 1.29 is 9.53 Å². The number of carbonyl (C=O) groups is 1. The van der Waals surface area contributed by atoms with E-state index in [1.54, 1.807) is 0 Å². The number of carbonyl (C=O) groups excluding carboxylic acids is 1. The number of nitrogens with zero attached hydrogens (tertiary/aromatic N) is 2. The molecule has 0 bridgehead atoms. The number of amides is 1. The number of halogens is 1. The number of hydrogen-bond acceptors (Lipinski definition) is 3. The van der Waals surface area contributed by atoms with E-state index >= 15 is 0 Å². The third-order valence-electron chi connectivity index (χ3n) is 5.64. The Kier molecular flexibility index (Phi) is 6.69. The average molecular weight is 393 g/mol. The molecule has 3 rings (SSSR count). The molecule has 2 saturated heterocycles. The Morgan fingerprint density at radius 1 is 1.07 bits per heavy atom. The van der Waals surface area contributed by atoms with Crippen LogP contribution in [0.5, 0.6) is 0 Å². The molecule has 5 heteroatoms. The van der Waals surface area contributed by atoms with Crippen LogP contribution >= 0.6 is 11.6 Å². The van der Waals surface area contributed by atoms with Crippen molar-refractivity contribution >= 4 is 17.7 Å². The van der Waals surface area contributed by atoms with Crippen LogP contribution in [0.25, 0.3) is 0 Å². The van der Waals surface area contributed by atoms with E-state index in [-0.39, 0.29) is 6.09 Å². The molecule has 4 nitrogen and oxygen atoms in total. The Morgan fingerprint density at radius 2 is 1.74 bits per heavy atom. The topological polar surface area (TPSA) is 32.8 Å². The molecule has 1 aromatic carbocycles. The van der Waals surface area contributed by atoms with Gasteiger partial charge in [0.15, 0.2) is 0 Å². The maximum absolute atomic E-state index is 12.3. The van der Waals surface area contributed by atoms with E-state index in [1.165, 1.54) is 31.4 Å². The molecular weight excluding hydrogens is 360 g/mol. The molecule has 0 saturated carbocycles. The van der Waals surface area contributed by atoms with Crippen LogP contribution < -0.4 is 0 Å². The summed E-state index contributed by atoms with van der Waals surface area (Å²) < 4.78 is 5.53. The van der Waals surface area contributed by atoms with Crippen molar-refractivity contribution in [2.24, 2.45) is 0 Å². The Balaban J connectivity index is 1.56. The van der Waals surface area contributed by atoms with Crippen LogP contribution in [0.2, 0.25) is 5.02 Å². The van der Waals surface area contributed by atoms with Crippen molar-refractivity contribution in [1.29, 1.82) is 0 Å². The van der Waals surface area contributed by atoms with Gasteiger partial charge in [0.25, 0.3) is 0 Å². The number of ether oxygens (including phenoxy) is 1. The van der Waals surface area contributed by atoms with Gasteiger partial charge in [-0.15, -0.1) is 0 Å². The molecule has 2 aliphatic heterocycles. The van der Waals surface area contributed by atoms with E-state index in [2.05, 4.69) is 17.0 Å². The molecule has 0 unspecified atom stereocenters. The van der Waals surface area contributed by atoms with Crippen molar-refractivity contribution in [3.05, 3.63) is 34.9 Å². The molecular formula is C22H33ClN2O2. The number of likely N-dealkylation sites (tertiary alicyclic amines) is 2. The van der Waals surface area contributed by atoms with Crippen LogP contribution in [-0.2, 0) is 11.2 Å². The highest BCUT2D eigenvalue weighted by molar-refractivity contribution is 6.30. The van der Waals surface area contributed by atoms with Crippen molar-refractivity contribution in [2.75, 3.05) is 19.6 Å². The monoisotopic (exact) mass is 392 g/mol. The summed E-state index contributed by atoms with van der Waals surface area (Å²) in [4.78, 5) is 16.9. The largest absolute Gasteiger partial charge is 0.444 e. The first-order chi connectivity index (χ1) is 12.8. The Morgan fingerprint density at radius 3 is 2.37 bits per heavy atom. The third kappa shape index (κ3) is 5.86. The standard InChI is InChI=1S/C22H33ClN2O2/c1-22(2,3)27-21(26)24-14-11-19(12-15-24)25-13-5-4-6-20(25)16-17-7-9-18(23)10-8-17/h7-10,19-20H,4-6,11-16H2,1-3H3/t20-/m1/s1. The molecule has 27 heavy (non-hydrogen) atoms.